The molecule has 2 atom stereocenters. The number of benzene rings is 1. The predicted molar refractivity (Wildman–Crippen MR) is 76.9 cm³/mol. The lowest BCUT2D eigenvalue weighted by molar-refractivity contribution is 0.100. The van der Waals surface area contributed by atoms with Crippen molar-refractivity contribution >= 4 is 22.6 Å². The van der Waals surface area contributed by atoms with E-state index in [2.05, 4.69) is 15.4 Å². The van der Waals surface area contributed by atoms with E-state index in [1.165, 1.54) is 6.07 Å². The van der Waals surface area contributed by atoms with Gasteiger partial charge in [0, 0.05) is 30.4 Å². The smallest absolute Gasteiger partial charge is 0.251 e. The van der Waals surface area contributed by atoms with Crippen LogP contribution in [0.5, 0.6) is 0 Å². The van der Waals surface area contributed by atoms with E-state index in [4.69, 9.17) is 5.73 Å². The van der Waals surface area contributed by atoms with Crippen molar-refractivity contribution in [2.75, 3.05) is 6.54 Å². The van der Waals surface area contributed by atoms with Crippen LogP contribution in [-0.2, 0) is 0 Å². The molecule has 1 aliphatic rings. The van der Waals surface area contributed by atoms with Crippen molar-refractivity contribution in [3.63, 3.8) is 0 Å². The fourth-order valence-corrected chi connectivity index (χ4v) is 3.09. The van der Waals surface area contributed by atoms with Crippen LogP contribution in [0, 0.1) is 5.82 Å². The molecule has 2 aromatic heterocycles. The number of aromatic nitrogens is 3. The molecule has 2 unspecified atom stereocenters. The molecule has 22 heavy (non-hydrogen) atoms. The highest BCUT2D eigenvalue weighted by Crippen LogP contribution is 2.30. The lowest BCUT2D eigenvalue weighted by Gasteiger charge is -2.05. The molecular weight excluding hydrogens is 289 g/mol. The maximum absolute atomic E-state index is 13.6. The number of amides is 1. The van der Waals surface area contributed by atoms with E-state index in [1.54, 1.807) is 10.7 Å². The summed E-state index contributed by atoms with van der Waals surface area (Å²) in [5, 5.41) is 15.9. The van der Waals surface area contributed by atoms with Gasteiger partial charge < -0.3 is 16.2 Å². The SMILES string of the molecule is NC(=O)c1cc(F)cc2nc3c(C4CC(O)CN4)c[nH]n3c12. The van der Waals surface area contributed by atoms with Gasteiger partial charge in [0.1, 0.15) is 11.3 Å². The number of fused-ring (bicyclic) bond motifs is 3. The summed E-state index contributed by atoms with van der Waals surface area (Å²) in [7, 11) is 0. The summed E-state index contributed by atoms with van der Waals surface area (Å²) in [6.45, 7) is 0.517. The number of carbonyl (C=O) groups excluding carboxylic acids is 1. The first-order chi connectivity index (χ1) is 10.5. The highest BCUT2D eigenvalue weighted by Gasteiger charge is 2.27. The van der Waals surface area contributed by atoms with Gasteiger partial charge in [-0.1, -0.05) is 0 Å². The molecule has 1 fully saturated rings. The number of nitrogens with two attached hydrogens (primary N) is 1. The number of nitrogens with one attached hydrogen (secondary N) is 2. The Balaban J connectivity index is 1.97. The lowest BCUT2D eigenvalue weighted by Crippen LogP contribution is -2.14. The maximum Gasteiger partial charge on any atom is 0.251 e. The molecule has 7 nitrogen and oxygen atoms in total. The zero-order chi connectivity index (χ0) is 15.4. The average molecular weight is 303 g/mol. The monoisotopic (exact) mass is 303 g/mol. The van der Waals surface area contributed by atoms with E-state index in [0.29, 0.717) is 29.6 Å². The highest BCUT2D eigenvalue weighted by atomic mass is 19.1. The van der Waals surface area contributed by atoms with Crippen molar-refractivity contribution < 1.29 is 14.3 Å². The Kier molecular flexibility index (Phi) is 2.72. The highest BCUT2D eigenvalue weighted by molar-refractivity contribution is 6.05. The van der Waals surface area contributed by atoms with Crippen molar-refractivity contribution in [2.45, 2.75) is 18.6 Å². The van der Waals surface area contributed by atoms with Crippen molar-refractivity contribution in [3.05, 3.63) is 35.3 Å². The molecule has 8 heteroatoms. The summed E-state index contributed by atoms with van der Waals surface area (Å²) in [5.74, 6) is -1.27. The molecule has 3 heterocycles. The van der Waals surface area contributed by atoms with Gasteiger partial charge >= 0.3 is 0 Å². The molecule has 1 aliphatic heterocycles. The van der Waals surface area contributed by atoms with Crippen LogP contribution < -0.4 is 11.1 Å². The van der Waals surface area contributed by atoms with E-state index >= 15 is 0 Å². The van der Waals surface area contributed by atoms with Crippen LogP contribution in [0.15, 0.2) is 18.3 Å². The zero-order valence-electron chi connectivity index (χ0n) is 11.5. The number of aromatic amines is 1. The number of H-pyrrole nitrogens is 1. The summed E-state index contributed by atoms with van der Waals surface area (Å²) in [6.07, 6.45) is 1.95. The van der Waals surface area contributed by atoms with Gasteiger partial charge in [-0.15, -0.1) is 0 Å². The van der Waals surface area contributed by atoms with Gasteiger partial charge in [-0.3, -0.25) is 9.89 Å². The molecule has 0 saturated carbocycles. The molecule has 1 amide bonds. The first-order valence-corrected chi connectivity index (χ1v) is 6.95. The number of halogens is 1. The fraction of sp³-hybridized carbons (Fsp3) is 0.286. The Morgan fingerprint density at radius 3 is 3.00 bits per heavy atom. The first kappa shape index (κ1) is 13.2. The molecule has 0 bridgehead atoms. The second-order valence-electron chi connectivity index (χ2n) is 5.54. The van der Waals surface area contributed by atoms with Crippen LogP contribution in [0.25, 0.3) is 16.7 Å². The minimum absolute atomic E-state index is 0.0394. The molecule has 114 valence electrons. The van der Waals surface area contributed by atoms with Crippen LogP contribution in [0.1, 0.15) is 28.4 Å². The number of aliphatic hydroxyl groups excluding tert-OH is 1. The van der Waals surface area contributed by atoms with Crippen molar-refractivity contribution in [2.24, 2.45) is 5.73 Å². The van der Waals surface area contributed by atoms with Crippen LogP contribution in [-0.4, -0.2) is 38.3 Å². The van der Waals surface area contributed by atoms with Crippen LogP contribution >= 0.6 is 0 Å². The normalized spacial score (nSPS) is 21.9. The van der Waals surface area contributed by atoms with Gasteiger partial charge in [0.15, 0.2) is 5.65 Å². The van der Waals surface area contributed by atoms with Crippen molar-refractivity contribution in [1.82, 2.24) is 19.9 Å². The van der Waals surface area contributed by atoms with E-state index in [-0.39, 0.29) is 11.6 Å². The number of aliphatic hydroxyl groups is 1. The fourth-order valence-electron chi connectivity index (χ4n) is 3.09. The number of carbonyl (C=O) groups is 1. The second kappa shape index (κ2) is 4.52. The van der Waals surface area contributed by atoms with Gasteiger partial charge in [-0.2, -0.15) is 0 Å². The van der Waals surface area contributed by atoms with Crippen LogP contribution in [0.3, 0.4) is 0 Å². The Hall–Kier alpha value is -2.45. The molecule has 0 aliphatic carbocycles. The Morgan fingerprint density at radius 2 is 2.32 bits per heavy atom. The zero-order valence-corrected chi connectivity index (χ0v) is 11.5. The van der Waals surface area contributed by atoms with Gasteiger partial charge in [0.05, 0.1) is 17.2 Å². The third-order valence-corrected chi connectivity index (χ3v) is 4.07. The van der Waals surface area contributed by atoms with E-state index in [1.807, 2.05) is 0 Å². The molecule has 3 aromatic rings. The van der Waals surface area contributed by atoms with E-state index in [0.717, 1.165) is 11.6 Å². The van der Waals surface area contributed by atoms with E-state index < -0.39 is 17.8 Å². The minimum atomic E-state index is -0.711. The quantitative estimate of drug-likeness (QED) is 0.551. The molecule has 4 rings (SSSR count). The van der Waals surface area contributed by atoms with E-state index in [9.17, 15) is 14.3 Å². The number of hydrogen-bond acceptors (Lipinski definition) is 4. The number of β-amino-alcohol motifs (C(OH)–C–C–N with tert-alkyl or cyclic N) is 1. The molecule has 0 spiro atoms. The largest absolute Gasteiger partial charge is 0.392 e. The lowest BCUT2D eigenvalue weighted by atomic mass is 10.1. The summed E-state index contributed by atoms with van der Waals surface area (Å²) in [5.41, 5.74) is 7.69. The average Bonchev–Trinajstić information content (AvgIpc) is 3.11. The topological polar surface area (TPSA) is 108 Å². The predicted octanol–water partition coefficient (Wildman–Crippen LogP) is 0.449. The van der Waals surface area contributed by atoms with Gasteiger partial charge in [0.25, 0.3) is 5.91 Å². The van der Waals surface area contributed by atoms with Crippen molar-refractivity contribution in [3.8, 4) is 0 Å². The van der Waals surface area contributed by atoms with Gasteiger partial charge in [-0.05, 0) is 12.5 Å². The van der Waals surface area contributed by atoms with Crippen molar-refractivity contribution in [1.29, 1.82) is 0 Å². The Morgan fingerprint density at radius 1 is 1.50 bits per heavy atom. The first-order valence-electron chi connectivity index (χ1n) is 6.95. The second-order valence-corrected chi connectivity index (χ2v) is 5.54. The number of nitrogens with zero attached hydrogens (tertiary/aromatic N) is 2. The summed E-state index contributed by atoms with van der Waals surface area (Å²) >= 11 is 0. The molecular formula is C14H14FN5O2. The number of primary amides is 1. The number of hydrogen-bond donors (Lipinski definition) is 4. The Labute approximate surface area is 123 Å². The Bertz CT molecular complexity index is 900. The summed E-state index contributed by atoms with van der Waals surface area (Å²) < 4.78 is 15.3. The molecule has 1 saturated heterocycles. The standard InChI is InChI=1S/C14H14FN5O2/c15-6-1-8(13(16)22)12-11(2-6)19-14-9(5-18-20(12)14)10-3-7(21)4-17-10/h1-2,5,7,10,17-18,21H,3-4H2,(H2,16,22). The maximum atomic E-state index is 13.6. The van der Waals surface area contributed by atoms with Crippen LogP contribution in [0.4, 0.5) is 4.39 Å². The minimum Gasteiger partial charge on any atom is -0.392 e. The molecule has 5 N–H and O–H groups in total. The van der Waals surface area contributed by atoms with Crippen LogP contribution in [0.2, 0.25) is 0 Å². The number of imidazole rings is 1. The summed E-state index contributed by atoms with van der Waals surface area (Å²) in [6, 6.07) is 2.34. The third-order valence-electron chi connectivity index (χ3n) is 4.07. The molecule has 1 aromatic carbocycles. The summed E-state index contributed by atoms with van der Waals surface area (Å²) in [4.78, 5) is 16.0. The molecule has 0 radical (unpaired) electrons. The van der Waals surface area contributed by atoms with Gasteiger partial charge in [0.2, 0.25) is 0 Å². The van der Waals surface area contributed by atoms with Gasteiger partial charge in [-0.25, -0.2) is 13.9 Å². The third kappa shape index (κ3) is 1.81. The number of rotatable bonds is 2.